The van der Waals surface area contributed by atoms with Crippen LogP contribution in [0.2, 0.25) is 5.02 Å². The summed E-state index contributed by atoms with van der Waals surface area (Å²) < 4.78 is 0. The molecule has 2 aromatic carbocycles. The second-order valence-corrected chi connectivity index (χ2v) is 9.04. The number of amides is 3. The summed E-state index contributed by atoms with van der Waals surface area (Å²) in [7, 11) is 0. The van der Waals surface area contributed by atoms with Crippen LogP contribution in [0.3, 0.4) is 0 Å². The summed E-state index contributed by atoms with van der Waals surface area (Å²) in [5.41, 5.74) is 4.51. The maximum absolute atomic E-state index is 12.4. The highest BCUT2D eigenvalue weighted by molar-refractivity contribution is 6.34. The van der Waals surface area contributed by atoms with Crippen LogP contribution in [-0.2, 0) is 14.4 Å². The van der Waals surface area contributed by atoms with Crippen molar-refractivity contribution >= 4 is 35.0 Å². The summed E-state index contributed by atoms with van der Waals surface area (Å²) in [6, 6.07) is 11.9. The number of hydrogen-bond acceptors (Lipinski definition) is 3. The van der Waals surface area contributed by atoms with Gasteiger partial charge in [0.25, 0.3) is 0 Å². The van der Waals surface area contributed by atoms with Gasteiger partial charge in [0.2, 0.25) is 17.7 Å². The van der Waals surface area contributed by atoms with E-state index in [-0.39, 0.29) is 23.3 Å². The first-order valence-electron chi connectivity index (χ1n) is 10.5. The molecule has 2 heterocycles. The molecular weight excluding hydrogens is 400 g/mol. The van der Waals surface area contributed by atoms with E-state index in [4.69, 9.17) is 11.6 Å². The first kappa shape index (κ1) is 19.3. The van der Waals surface area contributed by atoms with Crippen molar-refractivity contribution in [2.45, 2.75) is 56.9 Å². The van der Waals surface area contributed by atoms with Gasteiger partial charge in [-0.05, 0) is 61.4 Å². The molecule has 5 nitrogen and oxygen atoms in total. The topological polar surface area (TPSA) is 66.5 Å². The summed E-state index contributed by atoms with van der Waals surface area (Å²) in [6.07, 6.45) is 4.52. The first-order chi connectivity index (χ1) is 14.4. The minimum absolute atomic E-state index is 0.0546. The molecule has 154 valence electrons. The van der Waals surface area contributed by atoms with E-state index in [1.807, 2.05) is 48.2 Å². The van der Waals surface area contributed by atoms with Crippen LogP contribution < -0.4 is 10.2 Å². The highest BCUT2D eigenvalue weighted by Crippen LogP contribution is 2.52. The molecule has 1 spiro atoms. The average molecular weight is 423 g/mol. The van der Waals surface area contributed by atoms with E-state index in [1.165, 1.54) is 0 Å². The van der Waals surface area contributed by atoms with E-state index in [1.54, 1.807) is 0 Å². The first-order valence-corrected chi connectivity index (χ1v) is 10.8. The summed E-state index contributed by atoms with van der Waals surface area (Å²) >= 11 is 6.80. The average Bonchev–Trinajstić information content (AvgIpc) is 3.42. The molecule has 6 heteroatoms. The number of benzene rings is 2. The molecule has 1 aliphatic carbocycles. The third-order valence-electron chi connectivity index (χ3n) is 6.78. The molecule has 1 saturated carbocycles. The van der Waals surface area contributed by atoms with Gasteiger partial charge in [-0.1, -0.05) is 35.9 Å². The zero-order chi connectivity index (χ0) is 21.0. The van der Waals surface area contributed by atoms with Crippen LogP contribution in [0.1, 0.15) is 55.6 Å². The van der Waals surface area contributed by atoms with Gasteiger partial charge < -0.3 is 4.90 Å². The number of imide groups is 1. The Bertz CT molecular complexity index is 1070. The number of halogens is 1. The number of piperidine rings is 1. The molecule has 3 aliphatic rings. The van der Waals surface area contributed by atoms with E-state index >= 15 is 0 Å². The van der Waals surface area contributed by atoms with Gasteiger partial charge in [-0.25, -0.2) is 0 Å². The number of carbonyl (C=O) groups excluding carboxylic acids is 3. The van der Waals surface area contributed by atoms with Crippen molar-refractivity contribution in [2.24, 2.45) is 0 Å². The van der Waals surface area contributed by atoms with Crippen LogP contribution >= 0.6 is 11.6 Å². The Kier molecular flexibility index (Phi) is 4.47. The number of hydrogen-bond donors (Lipinski definition) is 1. The minimum Gasteiger partial charge on any atom is -0.306 e. The number of carbonyl (C=O) groups is 3. The molecule has 3 amide bonds. The highest BCUT2D eigenvalue weighted by Gasteiger charge is 2.54. The third kappa shape index (κ3) is 3.03. The second-order valence-electron chi connectivity index (χ2n) is 8.66. The fourth-order valence-corrected chi connectivity index (χ4v) is 5.42. The van der Waals surface area contributed by atoms with Gasteiger partial charge in [0.15, 0.2) is 0 Å². The van der Waals surface area contributed by atoms with Gasteiger partial charge in [0, 0.05) is 29.6 Å². The van der Waals surface area contributed by atoms with Crippen molar-refractivity contribution in [2.75, 3.05) is 4.90 Å². The Labute approximate surface area is 180 Å². The van der Waals surface area contributed by atoms with Crippen LogP contribution in [0, 0.1) is 6.92 Å². The molecule has 5 rings (SSSR count). The Hall–Kier alpha value is -2.66. The summed E-state index contributed by atoms with van der Waals surface area (Å²) in [6.45, 7) is 1.94. The predicted molar refractivity (Wildman–Crippen MR) is 115 cm³/mol. The molecule has 1 unspecified atom stereocenters. The van der Waals surface area contributed by atoms with E-state index in [9.17, 15) is 14.4 Å². The lowest BCUT2D eigenvalue weighted by atomic mass is 9.85. The Morgan fingerprint density at radius 1 is 1.00 bits per heavy atom. The van der Waals surface area contributed by atoms with Crippen molar-refractivity contribution < 1.29 is 14.4 Å². The van der Waals surface area contributed by atoms with Gasteiger partial charge in [0.1, 0.15) is 0 Å². The van der Waals surface area contributed by atoms with Crippen molar-refractivity contribution in [3.8, 4) is 11.1 Å². The lowest BCUT2D eigenvalue weighted by Crippen LogP contribution is -2.39. The van der Waals surface area contributed by atoms with Crippen LogP contribution in [-0.4, -0.2) is 23.3 Å². The molecule has 1 atom stereocenters. The fraction of sp³-hybridized carbons (Fsp3) is 0.375. The number of aryl methyl sites for hydroxylation is 1. The molecule has 2 aliphatic heterocycles. The quantitative estimate of drug-likeness (QED) is 0.741. The molecule has 0 aromatic heterocycles. The Balaban J connectivity index is 1.48. The van der Waals surface area contributed by atoms with Crippen LogP contribution in [0.4, 0.5) is 5.69 Å². The SMILES string of the molecule is Cc1ccc(-c2ccc(N3C(=O)CCC34CC4)cc2)c(Cl)c1C1CCC(=O)NC1=O. The molecular formula is C24H23ClN2O3. The Morgan fingerprint density at radius 2 is 1.73 bits per heavy atom. The summed E-state index contributed by atoms with van der Waals surface area (Å²) in [5, 5.41) is 2.97. The zero-order valence-corrected chi connectivity index (χ0v) is 17.6. The van der Waals surface area contributed by atoms with Gasteiger partial charge in [-0.3, -0.25) is 19.7 Å². The van der Waals surface area contributed by atoms with E-state index in [0.717, 1.165) is 47.2 Å². The molecule has 1 N–H and O–H groups in total. The van der Waals surface area contributed by atoms with Crippen molar-refractivity contribution in [1.29, 1.82) is 0 Å². The Morgan fingerprint density at radius 3 is 2.40 bits per heavy atom. The molecule has 2 aromatic rings. The van der Waals surface area contributed by atoms with Gasteiger partial charge in [-0.2, -0.15) is 0 Å². The smallest absolute Gasteiger partial charge is 0.234 e. The molecule has 3 fully saturated rings. The fourth-order valence-electron chi connectivity index (χ4n) is 4.96. The number of rotatable bonds is 3. The predicted octanol–water partition coefficient (Wildman–Crippen LogP) is 4.50. The largest absolute Gasteiger partial charge is 0.306 e. The normalized spacial score (nSPS) is 22.5. The zero-order valence-electron chi connectivity index (χ0n) is 16.8. The van der Waals surface area contributed by atoms with Crippen LogP contribution in [0.5, 0.6) is 0 Å². The maximum atomic E-state index is 12.4. The number of anilines is 1. The second kappa shape index (κ2) is 6.95. The number of nitrogens with zero attached hydrogens (tertiary/aromatic N) is 1. The van der Waals surface area contributed by atoms with Gasteiger partial charge >= 0.3 is 0 Å². The highest BCUT2D eigenvalue weighted by atomic mass is 35.5. The lowest BCUT2D eigenvalue weighted by molar-refractivity contribution is -0.134. The molecule has 2 saturated heterocycles. The van der Waals surface area contributed by atoms with Crippen molar-refractivity contribution in [1.82, 2.24) is 5.32 Å². The third-order valence-corrected chi connectivity index (χ3v) is 7.18. The minimum atomic E-state index is -0.425. The van der Waals surface area contributed by atoms with E-state index < -0.39 is 5.92 Å². The standard InChI is InChI=1S/C24H23ClN2O3/c1-14-2-7-17(22(25)21(14)18-8-9-19(28)26-23(18)30)15-3-5-16(6-4-15)27-20(29)10-11-24(27)12-13-24/h2-7,18H,8-13H2,1H3,(H,26,28,30). The van der Waals surface area contributed by atoms with Crippen molar-refractivity contribution in [3.63, 3.8) is 0 Å². The van der Waals surface area contributed by atoms with E-state index in [0.29, 0.717) is 24.3 Å². The number of nitrogens with one attached hydrogen (secondary N) is 1. The monoisotopic (exact) mass is 422 g/mol. The lowest BCUT2D eigenvalue weighted by Gasteiger charge is -2.26. The summed E-state index contributed by atoms with van der Waals surface area (Å²) in [5.74, 6) is -0.743. The summed E-state index contributed by atoms with van der Waals surface area (Å²) in [4.78, 5) is 38.3. The van der Waals surface area contributed by atoms with Gasteiger partial charge in [-0.15, -0.1) is 0 Å². The molecule has 0 radical (unpaired) electrons. The van der Waals surface area contributed by atoms with E-state index in [2.05, 4.69) is 5.32 Å². The van der Waals surface area contributed by atoms with Crippen LogP contribution in [0.15, 0.2) is 36.4 Å². The maximum Gasteiger partial charge on any atom is 0.234 e. The van der Waals surface area contributed by atoms with Crippen molar-refractivity contribution in [3.05, 3.63) is 52.5 Å². The molecule has 0 bridgehead atoms. The van der Waals surface area contributed by atoms with Gasteiger partial charge in [0.05, 0.1) is 10.9 Å². The van der Waals surface area contributed by atoms with Crippen LogP contribution in [0.25, 0.3) is 11.1 Å². The molecule has 30 heavy (non-hydrogen) atoms.